The Morgan fingerprint density at radius 3 is 3.00 bits per heavy atom. The molecule has 0 amide bonds. The summed E-state index contributed by atoms with van der Waals surface area (Å²) in [6.45, 7) is 4.34. The van der Waals surface area contributed by atoms with Gasteiger partial charge >= 0.3 is 0 Å². The fourth-order valence-electron chi connectivity index (χ4n) is 1.46. The second-order valence-electron chi connectivity index (χ2n) is 3.70. The summed E-state index contributed by atoms with van der Waals surface area (Å²) in [5.41, 5.74) is 1.000. The zero-order chi connectivity index (χ0) is 12.5. The van der Waals surface area contributed by atoms with E-state index >= 15 is 0 Å². The van der Waals surface area contributed by atoms with Crippen molar-refractivity contribution in [3.63, 3.8) is 0 Å². The monoisotopic (exact) mass is 251 g/mol. The number of rotatable bonds is 7. The molecule has 0 fully saturated rings. The van der Waals surface area contributed by atoms with Crippen molar-refractivity contribution in [2.45, 2.75) is 26.3 Å². The van der Waals surface area contributed by atoms with Gasteiger partial charge in [0.1, 0.15) is 5.75 Å². The molecule has 1 aromatic rings. The number of benzene rings is 1. The Morgan fingerprint density at radius 1 is 1.47 bits per heavy atom. The fourth-order valence-corrected chi connectivity index (χ4v) is 1.69. The van der Waals surface area contributed by atoms with Gasteiger partial charge in [-0.25, -0.2) is 0 Å². The summed E-state index contributed by atoms with van der Waals surface area (Å²) >= 11 is 6.16. The third-order valence-corrected chi connectivity index (χ3v) is 2.66. The van der Waals surface area contributed by atoms with Crippen LogP contribution >= 0.6 is 11.6 Å². The average molecular weight is 252 g/mol. The van der Waals surface area contributed by atoms with Crippen LogP contribution in [0.4, 0.5) is 0 Å². The standard InChI is InChI=1S/C14H18ClNO/c1-3-5-10-17-14-8-6-7-13(15)12(14)11-16-9-4-2/h1,6-8,16H,4-5,9-11H2,2H3. The molecule has 3 heteroatoms. The first-order valence-corrected chi connectivity index (χ1v) is 6.21. The maximum absolute atomic E-state index is 6.16. The van der Waals surface area contributed by atoms with Crippen molar-refractivity contribution in [1.29, 1.82) is 0 Å². The topological polar surface area (TPSA) is 21.3 Å². The van der Waals surface area contributed by atoms with E-state index in [0.717, 1.165) is 35.8 Å². The molecule has 0 spiro atoms. The lowest BCUT2D eigenvalue weighted by atomic mass is 10.2. The van der Waals surface area contributed by atoms with Crippen LogP contribution in [0.2, 0.25) is 5.02 Å². The molecule has 0 atom stereocenters. The van der Waals surface area contributed by atoms with Gasteiger partial charge in [0.25, 0.3) is 0 Å². The van der Waals surface area contributed by atoms with Crippen molar-refractivity contribution < 1.29 is 4.74 Å². The van der Waals surface area contributed by atoms with E-state index in [1.165, 1.54) is 0 Å². The van der Waals surface area contributed by atoms with Crippen molar-refractivity contribution >= 4 is 11.6 Å². The molecule has 0 aliphatic heterocycles. The molecular weight excluding hydrogens is 234 g/mol. The van der Waals surface area contributed by atoms with Crippen molar-refractivity contribution in [2.75, 3.05) is 13.2 Å². The summed E-state index contributed by atoms with van der Waals surface area (Å²) in [6, 6.07) is 5.68. The highest BCUT2D eigenvalue weighted by Crippen LogP contribution is 2.26. The van der Waals surface area contributed by atoms with E-state index in [1.54, 1.807) is 0 Å². The van der Waals surface area contributed by atoms with Crippen LogP contribution in [-0.4, -0.2) is 13.2 Å². The SMILES string of the molecule is C#CCCOc1cccc(Cl)c1CNCCC. The fraction of sp³-hybridized carbons (Fsp3) is 0.429. The second kappa shape index (κ2) is 8.00. The Hall–Kier alpha value is -1.17. The molecule has 0 heterocycles. The molecule has 0 aromatic heterocycles. The van der Waals surface area contributed by atoms with Gasteiger partial charge in [-0.1, -0.05) is 24.6 Å². The van der Waals surface area contributed by atoms with Crippen molar-refractivity contribution in [1.82, 2.24) is 5.32 Å². The lowest BCUT2D eigenvalue weighted by molar-refractivity contribution is 0.323. The molecule has 0 aliphatic carbocycles. The molecular formula is C14H18ClNO. The molecule has 1 aromatic carbocycles. The first-order valence-electron chi connectivity index (χ1n) is 5.84. The Kier molecular flexibility index (Phi) is 6.54. The molecule has 0 bridgehead atoms. The zero-order valence-electron chi connectivity index (χ0n) is 10.1. The van der Waals surface area contributed by atoms with Crippen molar-refractivity contribution in [2.24, 2.45) is 0 Å². The van der Waals surface area contributed by atoms with Crippen LogP contribution in [0.25, 0.3) is 0 Å². The van der Waals surface area contributed by atoms with Gasteiger partial charge in [-0.05, 0) is 25.1 Å². The van der Waals surface area contributed by atoms with Crippen LogP contribution in [0.1, 0.15) is 25.3 Å². The van der Waals surface area contributed by atoms with E-state index in [1.807, 2.05) is 18.2 Å². The first-order chi connectivity index (χ1) is 8.29. The van der Waals surface area contributed by atoms with Gasteiger partial charge in [0.15, 0.2) is 0 Å². The molecule has 0 saturated heterocycles. The highest BCUT2D eigenvalue weighted by atomic mass is 35.5. The molecule has 0 aliphatic rings. The number of terminal acetylenes is 1. The van der Waals surface area contributed by atoms with Crippen LogP contribution in [0.5, 0.6) is 5.75 Å². The molecule has 1 rings (SSSR count). The zero-order valence-corrected chi connectivity index (χ0v) is 10.9. The van der Waals surface area contributed by atoms with E-state index < -0.39 is 0 Å². The summed E-state index contributed by atoms with van der Waals surface area (Å²) in [4.78, 5) is 0. The van der Waals surface area contributed by atoms with Crippen LogP contribution in [-0.2, 0) is 6.54 Å². The van der Waals surface area contributed by atoms with Crippen molar-refractivity contribution in [3.8, 4) is 18.1 Å². The predicted molar refractivity (Wildman–Crippen MR) is 72.4 cm³/mol. The van der Waals surface area contributed by atoms with Gasteiger partial charge in [0, 0.05) is 23.6 Å². The molecule has 1 N–H and O–H groups in total. The van der Waals surface area contributed by atoms with E-state index in [9.17, 15) is 0 Å². The quantitative estimate of drug-likeness (QED) is 0.593. The highest BCUT2D eigenvalue weighted by Gasteiger charge is 2.07. The lowest BCUT2D eigenvalue weighted by Crippen LogP contribution is -2.15. The Labute approximate surface area is 108 Å². The molecule has 92 valence electrons. The van der Waals surface area contributed by atoms with Crippen LogP contribution in [0.3, 0.4) is 0 Å². The first kappa shape index (κ1) is 13.9. The summed E-state index contributed by atoms with van der Waals surface area (Å²) in [5.74, 6) is 3.37. The highest BCUT2D eigenvalue weighted by molar-refractivity contribution is 6.31. The molecule has 2 nitrogen and oxygen atoms in total. The van der Waals surface area contributed by atoms with Gasteiger partial charge in [-0.15, -0.1) is 12.3 Å². The number of hydrogen-bond donors (Lipinski definition) is 1. The smallest absolute Gasteiger partial charge is 0.125 e. The lowest BCUT2D eigenvalue weighted by Gasteiger charge is -2.12. The maximum Gasteiger partial charge on any atom is 0.125 e. The Balaban J connectivity index is 2.67. The molecule has 0 unspecified atom stereocenters. The predicted octanol–water partition coefficient (Wildman–Crippen LogP) is 3.24. The van der Waals surface area contributed by atoms with Crippen molar-refractivity contribution in [3.05, 3.63) is 28.8 Å². The largest absolute Gasteiger partial charge is 0.492 e. The van der Waals surface area contributed by atoms with Gasteiger partial charge in [0.05, 0.1) is 6.61 Å². The van der Waals surface area contributed by atoms with E-state index in [2.05, 4.69) is 18.2 Å². The average Bonchev–Trinajstić information content (AvgIpc) is 2.33. The summed E-state index contributed by atoms with van der Waals surface area (Å²) < 4.78 is 5.62. The minimum absolute atomic E-state index is 0.525. The van der Waals surface area contributed by atoms with Gasteiger partial charge in [0.2, 0.25) is 0 Å². The van der Waals surface area contributed by atoms with Gasteiger partial charge in [-0.2, -0.15) is 0 Å². The maximum atomic E-state index is 6.16. The summed E-state index contributed by atoms with van der Waals surface area (Å²) in [5, 5.41) is 4.05. The van der Waals surface area contributed by atoms with Crippen LogP contribution in [0, 0.1) is 12.3 Å². The normalized spacial score (nSPS) is 9.94. The van der Waals surface area contributed by atoms with Gasteiger partial charge in [-0.3, -0.25) is 0 Å². The summed E-state index contributed by atoms with van der Waals surface area (Å²) in [6.07, 6.45) is 6.89. The number of hydrogen-bond acceptors (Lipinski definition) is 2. The molecule has 0 saturated carbocycles. The minimum Gasteiger partial charge on any atom is -0.492 e. The summed E-state index contributed by atoms with van der Waals surface area (Å²) in [7, 11) is 0. The van der Waals surface area contributed by atoms with E-state index in [-0.39, 0.29) is 0 Å². The minimum atomic E-state index is 0.525. The molecule has 0 radical (unpaired) electrons. The molecule has 17 heavy (non-hydrogen) atoms. The Morgan fingerprint density at radius 2 is 2.29 bits per heavy atom. The van der Waals surface area contributed by atoms with Gasteiger partial charge < -0.3 is 10.1 Å². The number of halogens is 1. The second-order valence-corrected chi connectivity index (χ2v) is 4.10. The van der Waals surface area contributed by atoms with E-state index in [0.29, 0.717) is 13.0 Å². The van der Waals surface area contributed by atoms with Crippen LogP contribution in [0.15, 0.2) is 18.2 Å². The third-order valence-electron chi connectivity index (χ3n) is 2.31. The number of ether oxygens (including phenoxy) is 1. The van der Waals surface area contributed by atoms with E-state index in [4.69, 9.17) is 22.8 Å². The van der Waals surface area contributed by atoms with Crippen LogP contribution < -0.4 is 10.1 Å². The Bertz CT molecular complexity index is 384. The number of nitrogens with one attached hydrogen (secondary N) is 1. The third kappa shape index (κ3) is 4.68.